The van der Waals surface area contributed by atoms with Crippen molar-refractivity contribution in [2.24, 2.45) is 5.41 Å². The summed E-state index contributed by atoms with van der Waals surface area (Å²) in [6, 6.07) is 5.35. The standard InChI is InChI=1S/C18H28FNO/c1-4-12-20-17(18(2)10-6-5-7-11-18)15-9-8-14(21-3)13-16(15)19/h8-9,13,17,20H,4-7,10-12H2,1-3H3. The van der Waals surface area contributed by atoms with Crippen LogP contribution < -0.4 is 10.1 Å². The summed E-state index contributed by atoms with van der Waals surface area (Å²) in [7, 11) is 1.57. The van der Waals surface area contributed by atoms with Crippen molar-refractivity contribution in [1.82, 2.24) is 5.32 Å². The molecule has 21 heavy (non-hydrogen) atoms. The lowest BCUT2D eigenvalue weighted by atomic mass is 9.68. The summed E-state index contributed by atoms with van der Waals surface area (Å²) >= 11 is 0. The third-order valence-electron chi connectivity index (χ3n) is 4.81. The molecule has 1 saturated carbocycles. The molecule has 118 valence electrons. The van der Waals surface area contributed by atoms with Gasteiger partial charge in [-0.3, -0.25) is 0 Å². The fourth-order valence-electron chi connectivity index (χ4n) is 3.54. The number of benzene rings is 1. The molecule has 1 aromatic rings. The highest BCUT2D eigenvalue weighted by Gasteiger charge is 2.37. The normalized spacial score (nSPS) is 19.2. The van der Waals surface area contributed by atoms with Gasteiger partial charge in [-0.15, -0.1) is 0 Å². The number of ether oxygens (including phenoxy) is 1. The zero-order valence-electron chi connectivity index (χ0n) is 13.5. The quantitative estimate of drug-likeness (QED) is 0.810. The minimum absolute atomic E-state index is 0.0867. The van der Waals surface area contributed by atoms with Crippen molar-refractivity contribution in [1.29, 1.82) is 0 Å². The van der Waals surface area contributed by atoms with Gasteiger partial charge in [0.05, 0.1) is 7.11 Å². The molecule has 1 atom stereocenters. The van der Waals surface area contributed by atoms with Crippen LogP contribution in [0, 0.1) is 11.2 Å². The molecule has 1 N–H and O–H groups in total. The molecular weight excluding hydrogens is 265 g/mol. The third kappa shape index (κ3) is 3.76. The van der Waals surface area contributed by atoms with Gasteiger partial charge in [0.1, 0.15) is 11.6 Å². The van der Waals surface area contributed by atoms with Crippen LogP contribution in [0.3, 0.4) is 0 Å². The molecule has 0 heterocycles. The molecule has 1 aliphatic rings. The molecule has 0 spiro atoms. The largest absolute Gasteiger partial charge is 0.497 e. The van der Waals surface area contributed by atoms with Crippen LogP contribution >= 0.6 is 0 Å². The first-order valence-corrected chi connectivity index (χ1v) is 8.17. The third-order valence-corrected chi connectivity index (χ3v) is 4.81. The highest BCUT2D eigenvalue weighted by molar-refractivity contribution is 5.32. The summed E-state index contributed by atoms with van der Waals surface area (Å²) in [5, 5.41) is 3.59. The Hall–Kier alpha value is -1.09. The van der Waals surface area contributed by atoms with E-state index < -0.39 is 0 Å². The van der Waals surface area contributed by atoms with Gasteiger partial charge in [-0.05, 0) is 37.3 Å². The van der Waals surface area contributed by atoms with Crippen molar-refractivity contribution in [2.45, 2.75) is 58.4 Å². The zero-order chi connectivity index (χ0) is 15.3. The molecule has 1 aliphatic carbocycles. The second-order valence-electron chi connectivity index (χ2n) is 6.49. The Bertz CT molecular complexity index is 455. The van der Waals surface area contributed by atoms with Crippen molar-refractivity contribution in [3.8, 4) is 5.75 Å². The van der Waals surface area contributed by atoms with Gasteiger partial charge in [0.2, 0.25) is 0 Å². The molecule has 0 bridgehead atoms. The van der Waals surface area contributed by atoms with Crippen molar-refractivity contribution in [3.63, 3.8) is 0 Å². The van der Waals surface area contributed by atoms with Crippen molar-refractivity contribution >= 4 is 0 Å². The van der Waals surface area contributed by atoms with Gasteiger partial charge in [-0.25, -0.2) is 4.39 Å². The lowest BCUT2D eigenvalue weighted by molar-refractivity contribution is 0.142. The molecule has 0 radical (unpaired) electrons. The van der Waals surface area contributed by atoms with Gasteiger partial charge in [-0.1, -0.05) is 39.2 Å². The smallest absolute Gasteiger partial charge is 0.131 e. The van der Waals surface area contributed by atoms with Crippen LogP contribution in [-0.2, 0) is 0 Å². The minimum Gasteiger partial charge on any atom is -0.497 e. The van der Waals surface area contributed by atoms with Crippen molar-refractivity contribution < 1.29 is 9.13 Å². The van der Waals surface area contributed by atoms with Crippen LogP contribution in [0.2, 0.25) is 0 Å². The molecule has 0 amide bonds. The van der Waals surface area contributed by atoms with Crippen LogP contribution in [0.15, 0.2) is 18.2 Å². The fourth-order valence-corrected chi connectivity index (χ4v) is 3.54. The van der Waals surface area contributed by atoms with Crippen LogP contribution in [0.4, 0.5) is 4.39 Å². The molecular formula is C18H28FNO. The zero-order valence-corrected chi connectivity index (χ0v) is 13.5. The summed E-state index contributed by atoms with van der Waals surface area (Å²) in [5.41, 5.74) is 0.928. The Labute approximate surface area is 128 Å². The van der Waals surface area contributed by atoms with E-state index in [4.69, 9.17) is 4.74 Å². The first kappa shape index (κ1) is 16.3. The van der Waals surface area contributed by atoms with E-state index in [1.54, 1.807) is 7.11 Å². The van der Waals surface area contributed by atoms with Crippen LogP contribution in [-0.4, -0.2) is 13.7 Å². The van der Waals surface area contributed by atoms with Crippen LogP contribution in [0.1, 0.15) is 64.0 Å². The maximum Gasteiger partial charge on any atom is 0.131 e. The van der Waals surface area contributed by atoms with Gasteiger partial charge in [-0.2, -0.15) is 0 Å². The van der Waals surface area contributed by atoms with Gasteiger partial charge < -0.3 is 10.1 Å². The Balaban J connectivity index is 2.30. The van der Waals surface area contributed by atoms with E-state index in [2.05, 4.69) is 19.2 Å². The Kier molecular flexibility index (Phi) is 5.63. The lowest BCUT2D eigenvalue weighted by Crippen LogP contribution is -2.38. The van der Waals surface area contributed by atoms with Gasteiger partial charge in [0, 0.05) is 17.7 Å². The molecule has 2 nitrogen and oxygen atoms in total. The SMILES string of the molecule is CCCNC(c1ccc(OC)cc1F)C1(C)CCCCC1. The number of rotatable bonds is 6. The van der Waals surface area contributed by atoms with Crippen LogP contribution in [0.5, 0.6) is 5.75 Å². The van der Waals surface area contributed by atoms with Crippen LogP contribution in [0.25, 0.3) is 0 Å². The van der Waals surface area contributed by atoms with E-state index in [9.17, 15) is 4.39 Å². The fraction of sp³-hybridized carbons (Fsp3) is 0.667. The number of nitrogens with one attached hydrogen (secondary N) is 1. The predicted molar refractivity (Wildman–Crippen MR) is 85.2 cm³/mol. The summed E-state index contributed by atoms with van der Waals surface area (Å²) in [4.78, 5) is 0. The average molecular weight is 293 g/mol. The van der Waals surface area contributed by atoms with Crippen molar-refractivity contribution in [2.75, 3.05) is 13.7 Å². The molecule has 2 rings (SSSR count). The number of halogens is 1. The monoisotopic (exact) mass is 293 g/mol. The van der Waals surface area contributed by atoms with Crippen molar-refractivity contribution in [3.05, 3.63) is 29.6 Å². The first-order valence-electron chi connectivity index (χ1n) is 8.17. The highest BCUT2D eigenvalue weighted by Crippen LogP contribution is 2.46. The number of hydrogen-bond acceptors (Lipinski definition) is 2. The topological polar surface area (TPSA) is 21.3 Å². The first-order chi connectivity index (χ1) is 10.1. The molecule has 0 aliphatic heterocycles. The maximum atomic E-state index is 14.5. The van der Waals surface area contributed by atoms with E-state index in [0.717, 1.165) is 18.5 Å². The molecule has 1 aromatic carbocycles. The summed E-state index contributed by atoms with van der Waals surface area (Å²) in [5.74, 6) is 0.425. The van der Waals surface area contributed by atoms with E-state index in [0.29, 0.717) is 5.75 Å². The molecule has 1 unspecified atom stereocenters. The number of methoxy groups -OCH3 is 1. The molecule has 3 heteroatoms. The Morgan fingerprint density at radius 3 is 2.57 bits per heavy atom. The minimum atomic E-state index is -0.158. The lowest BCUT2D eigenvalue weighted by Gasteiger charge is -2.41. The van der Waals surface area contributed by atoms with E-state index in [1.807, 2.05) is 12.1 Å². The molecule has 0 saturated heterocycles. The highest BCUT2D eigenvalue weighted by atomic mass is 19.1. The predicted octanol–water partition coefficient (Wildman–Crippen LogP) is 4.85. The van der Waals surface area contributed by atoms with Gasteiger partial charge in [0.15, 0.2) is 0 Å². The van der Waals surface area contributed by atoms with E-state index in [1.165, 1.54) is 38.2 Å². The van der Waals surface area contributed by atoms with Gasteiger partial charge in [0.25, 0.3) is 0 Å². The molecule has 0 aromatic heterocycles. The summed E-state index contributed by atoms with van der Waals surface area (Å²) in [6.45, 7) is 5.38. The summed E-state index contributed by atoms with van der Waals surface area (Å²) < 4.78 is 19.6. The number of hydrogen-bond donors (Lipinski definition) is 1. The van der Waals surface area contributed by atoms with E-state index >= 15 is 0 Å². The Morgan fingerprint density at radius 1 is 1.29 bits per heavy atom. The maximum absolute atomic E-state index is 14.5. The molecule has 1 fully saturated rings. The van der Waals surface area contributed by atoms with Gasteiger partial charge >= 0.3 is 0 Å². The Morgan fingerprint density at radius 2 is 2.00 bits per heavy atom. The second kappa shape index (κ2) is 7.26. The van der Waals surface area contributed by atoms with E-state index in [-0.39, 0.29) is 17.3 Å². The average Bonchev–Trinajstić information content (AvgIpc) is 2.49. The summed E-state index contributed by atoms with van der Waals surface area (Å²) in [6.07, 6.45) is 7.20. The second-order valence-corrected chi connectivity index (χ2v) is 6.49.